The average molecular weight is 153 g/mol. The molecule has 1 aromatic rings. The van der Waals surface area contributed by atoms with Crippen molar-refractivity contribution in [2.75, 3.05) is 0 Å². The van der Waals surface area contributed by atoms with Gasteiger partial charge >= 0.3 is 0 Å². The van der Waals surface area contributed by atoms with E-state index >= 15 is 0 Å². The van der Waals surface area contributed by atoms with Crippen molar-refractivity contribution >= 4 is 22.4 Å². The molecule has 1 aliphatic rings. The quantitative estimate of drug-likeness (QED) is 0.554. The molecule has 1 N–H and O–H groups in total. The SMILES string of the molecule is O[SH]1[C]=Nc2cccnc21. The normalized spacial score (nSPS) is 24.7. The second kappa shape index (κ2) is 2.07. The second-order valence-corrected chi connectivity index (χ2v) is 3.12. The zero-order chi connectivity index (χ0) is 6.97. The molecule has 1 unspecified atom stereocenters. The predicted molar refractivity (Wildman–Crippen MR) is 41.2 cm³/mol. The summed E-state index contributed by atoms with van der Waals surface area (Å²) < 4.78 is 9.18. The van der Waals surface area contributed by atoms with Crippen LogP contribution >= 0.6 is 11.2 Å². The van der Waals surface area contributed by atoms with Crippen LogP contribution in [0.15, 0.2) is 28.3 Å². The van der Waals surface area contributed by atoms with Crippen LogP contribution in [0.1, 0.15) is 0 Å². The number of fused-ring (bicyclic) bond motifs is 1. The summed E-state index contributed by atoms with van der Waals surface area (Å²) in [6.07, 6.45) is 1.65. The van der Waals surface area contributed by atoms with Gasteiger partial charge in [0.25, 0.3) is 0 Å². The van der Waals surface area contributed by atoms with E-state index in [9.17, 15) is 4.55 Å². The Hall–Kier alpha value is -0.870. The lowest BCUT2D eigenvalue weighted by Gasteiger charge is -2.00. The summed E-state index contributed by atoms with van der Waals surface area (Å²) in [6, 6.07) is 3.60. The molecular formula is C6H5N2OS. The monoisotopic (exact) mass is 153 g/mol. The van der Waals surface area contributed by atoms with Gasteiger partial charge in [0.15, 0.2) is 0 Å². The molecule has 2 rings (SSSR count). The molecule has 2 heterocycles. The Kier molecular flexibility index (Phi) is 1.22. The van der Waals surface area contributed by atoms with Crippen molar-refractivity contribution in [3.8, 4) is 0 Å². The molecule has 10 heavy (non-hydrogen) atoms. The smallest absolute Gasteiger partial charge is 0.138 e. The van der Waals surface area contributed by atoms with E-state index in [2.05, 4.69) is 15.5 Å². The predicted octanol–water partition coefficient (Wildman–Crippen LogP) is 1.47. The molecule has 0 aliphatic carbocycles. The van der Waals surface area contributed by atoms with Crippen LogP contribution in [-0.2, 0) is 0 Å². The Morgan fingerprint density at radius 1 is 1.60 bits per heavy atom. The van der Waals surface area contributed by atoms with Crippen molar-refractivity contribution in [1.82, 2.24) is 4.98 Å². The first kappa shape index (κ1) is 5.88. The van der Waals surface area contributed by atoms with Gasteiger partial charge in [0.2, 0.25) is 0 Å². The Balaban J connectivity index is 2.59. The lowest BCUT2D eigenvalue weighted by atomic mass is 10.4. The van der Waals surface area contributed by atoms with E-state index in [1.807, 2.05) is 6.07 Å². The van der Waals surface area contributed by atoms with Gasteiger partial charge in [-0.3, -0.25) is 0 Å². The van der Waals surface area contributed by atoms with Crippen molar-refractivity contribution in [1.29, 1.82) is 0 Å². The summed E-state index contributed by atoms with van der Waals surface area (Å²) in [5.41, 5.74) is 3.31. The maximum atomic E-state index is 9.18. The molecule has 0 saturated carbocycles. The highest BCUT2D eigenvalue weighted by atomic mass is 32.2. The number of nitrogens with zero attached hydrogens (tertiary/aromatic N) is 2. The minimum atomic E-state index is -1.31. The Morgan fingerprint density at radius 3 is 3.30 bits per heavy atom. The first-order valence-corrected chi connectivity index (χ1v) is 4.08. The van der Waals surface area contributed by atoms with Crippen LogP contribution in [0.5, 0.6) is 0 Å². The first-order chi connectivity index (χ1) is 4.88. The molecular weight excluding hydrogens is 148 g/mol. The summed E-state index contributed by atoms with van der Waals surface area (Å²) in [6.45, 7) is 0. The Labute approximate surface area is 61.0 Å². The second-order valence-electron chi connectivity index (χ2n) is 1.87. The molecule has 1 aromatic heterocycles. The topological polar surface area (TPSA) is 45.5 Å². The maximum Gasteiger partial charge on any atom is 0.138 e. The minimum absolute atomic E-state index is 0.664. The Morgan fingerprint density at radius 2 is 2.50 bits per heavy atom. The standard InChI is InChI=1S/C6H5N2OS/c9-10-4-8-5-2-1-3-7-6(5)10/h1-3,9-10H. The number of aromatic nitrogens is 1. The van der Waals surface area contributed by atoms with E-state index in [1.54, 1.807) is 12.3 Å². The molecule has 0 amide bonds. The maximum absolute atomic E-state index is 9.18. The highest BCUT2D eigenvalue weighted by Crippen LogP contribution is 2.40. The molecule has 51 valence electrons. The van der Waals surface area contributed by atoms with Gasteiger partial charge in [-0.1, -0.05) is 11.2 Å². The number of hydrogen-bond donors (Lipinski definition) is 2. The highest BCUT2D eigenvalue weighted by Gasteiger charge is 2.13. The van der Waals surface area contributed by atoms with Gasteiger partial charge in [-0.05, 0) is 12.1 Å². The lowest BCUT2D eigenvalue weighted by molar-refractivity contribution is 0.655. The van der Waals surface area contributed by atoms with E-state index < -0.39 is 11.2 Å². The number of pyridine rings is 1. The highest BCUT2D eigenvalue weighted by molar-refractivity contribution is 8.24. The number of rotatable bonds is 0. The van der Waals surface area contributed by atoms with Crippen LogP contribution in [0.25, 0.3) is 0 Å². The van der Waals surface area contributed by atoms with Crippen LogP contribution < -0.4 is 0 Å². The molecule has 3 nitrogen and oxygen atoms in total. The van der Waals surface area contributed by atoms with E-state index in [0.29, 0.717) is 5.03 Å². The molecule has 0 spiro atoms. The molecule has 0 aromatic carbocycles. The van der Waals surface area contributed by atoms with Gasteiger partial charge in [0.1, 0.15) is 10.6 Å². The van der Waals surface area contributed by atoms with Crippen molar-refractivity contribution < 1.29 is 4.55 Å². The van der Waals surface area contributed by atoms with Crippen LogP contribution in [0.4, 0.5) is 5.69 Å². The minimum Gasteiger partial charge on any atom is -0.343 e. The third-order valence-corrected chi connectivity index (χ3v) is 2.27. The molecule has 1 atom stereocenters. The third kappa shape index (κ3) is 0.732. The van der Waals surface area contributed by atoms with E-state index in [0.717, 1.165) is 5.69 Å². The zero-order valence-electron chi connectivity index (χ0n) is 5.02. The fourth-order valence-electron chi connectivity index (χ4n) is 0.788. The van der Waals surface area contributed by atoms with Crippen LogP contribution in [0.3, 0.4) is 0 Å². The summed E-state index contributed by atoms with van der Waals surface area (Å²) in [4.78, 5) is 7.81. The van der Waals surface area contributed by atoms with Gasteiger partial charge in [-0.2, -0.15) is 0 Å². The fourth-order valence-corrected chi connectivity index (χ4v) is 1.60. The van der Waals surface area contributed by atoms with Crippen LogP contribution in [-0.4, -0.2) is 15.1 Å². The molecule has 0 fully saturated rings. The van der Waals surface area contributed by atoms with Gasteiger partial charge in [-0.15, -0.1) is 0 Å². The van der Waals surface area contributed by atoms with Gasteiger partial charge < -0.3 is 4.55 Å². The first-order valence-electron chi connectivity index (χ1n) is 2.78. The zero-order valence-corrected chi connectivity index (χ0v) is 5.92. The summed E-state index contributed by atoms with van der Waals surface area (Å²) in [5, 5.41) is 0.664. The van der Waals surface area contributed by atoms with Gasteiger partial charge in [0.05, 0.1) is 5.69 Å². The fraction of sp³-hybridized carbons (Fsp3) is 0. The number of hydrogen-bond acceptors (Lipinski definition) is 3. The van der Waals surface area contributed by atoms with Gasteiger partial charge in [-0.25, -0.2) is 9.98 Å². The summed E-state index contributed by atoms with van der Waals surface area (Å²) >= 11 is -1.31. The van der Waals surface area contributed by atoms with Gasteiger partial charge in [0, 0.05) is 6.20 Å². The van der Waals surface area contributed by atoms with Crippen molar-refractivity contribution in [3.05, 3.63) is 18.3 Å². The van der Waals surface area contributed by atoms with E-state index in [1.165, 1.54) is 0 Å². The largest absolute Gasteiger partial charge is 0.343 e. The molecule has 4 heteroatoms. The van der Waals surface area contributed by atoms with E-state index in [4.69, 9.17) is 0 Å². The lowest BCUT2D eigenvalue weighted by Crippen LogP contribution is -1.79. The van der Waals surface area contributed by atoms with Crippen molar-refractivity contribution in [3.63, 3.8) is 0 Å². The van der Waals surface area contributed by atoms with E-state index in [-0.39, 0.29) is 0 Å². The van der Waals surface area contributed by atoms with Crippen LogP contribution in [0, 0.1) is 0 Å². The Bertz CT molecular complexity index is 287. The van der Waals surface area contributed by atoms with Crippen molar-refractivity contribution in [2.45, 2.75) is 5.03 Å². The number of aliphatic imine (C=N–C) groups is 1. The average Bonchev–Trinajstić information content (AvgIpc) is 2.34. The number of thiol groups is 1. The molecule has 1 radical (unpaired) electrons. The summed E-state index contributed by atoms with van der Waals surface area (Å²) in [7, 11) is 0. The molecule has 0 bridgehead atoms. The summed E-state index contributed by atoms with van der Waals surface area (Å²) in [5.74, 6) is 0. The molecule has 0 saturated heterocycles. The molecule has 1 aliphatic heterocycles. The third-order valence-electron chi connectivity index (χ3n) is 1.23. The van der Waals surface area contributed by atoms with Crippen molar-refractivity contribution in [2.24, 2.45) is 4.99 Å². The van der Waals surface area contributed by atoms with Crippen LogP contribution in [0.2, 0.25) is 0 Å².